The number of anilines is 1. The van der Waals surface area contributed by atoms with Crippen molar-refractivity contribution >= 4 is 32.5 Å². The molecule has 2 atom stereocenters. The lowest BCUT2D eigenvalue weighted by molar-refractivity contribution is 0.319. The summed E-state index contributed by atoms with van der Waals surface area (Å²) in [6, 6.07) is 19.5. The second-order valence-electron chi connectivity index (χ2n) is 6.69. The fraction of sp³-hybridized carbons (Fsp3) is 0.350. The number of para-hydroxylation sites is 2. The van der Waals surface area contributed by atoms with Crippen molar-refractivity contribution in [2.24, 2.45) is 4.99 Å². The van der Waals surface area contributed by atoms with Crippen LogP contribution in [0, 0.1) is 0 Å². The molecule has 7 heteroatoms. The smallest absolute Gasteiger partial charge is 0.164 e. The average molecular weight is 403 g/mol. The van der Waals surface area contributed by atoms with Gasteiger partial charge in [0.2, 0.25) is 0 Å². The van der Waals surface area contributed by atoms with Crippen LogP contribution >= 0.6 is 11.8 Å². The van der Waals surface area contributed by atoms with Gasteiger partial charge in [0.25, 0.3) is 0 Å². The molecule has 0 bridgehead atoms. The van der Waals surface area contributed by atoms with E-state index in [1.807, 2.05) is 60.7 Å². The quantitative estimate of drug-likeness (QED) is 0.695. The number of nitrogens with zero attached hydrogens (tertiary/aromatic N) is 2. The van der Waals surface area contributed by atoms with E-state index in [1.54, 1.807) is 11.8 Å². The van der Waals surface area contributed by atoms with Gasteiger partial charge in [0.05, 0.1) is 30.2 Å². The van der Waals surface area contributed by atoms with E-state index in [0.29, 0.717) is 6.61 Å². The van der Waals surface area contributed by atoms with Crippen LogP contribution in [0.3, 0.4) is 0 Å². The highest BCUT2D eigenvalue weighted by Gasteiger charge is 2.46. The van der Waals surface area contributed by atoms with Crippen molar-refractivity contribution in [1.82, 2.24) is 0 Å². The van der Waals surface area contributed by atoms with Crippen LogP contribution in [-0.2, 0) is 9.84 Å². The summed E-state index contributed by atoms with van der Waals surface area (Å²) in [4.78, 5) is 6.85. The molecule has 0 amide bonds. The summed E-state index contributed by atoms with van der Waals surface area (Å²) < 4.78 is 29.8. The molecule has 0 saturated carbocycles. The van der Waals surface area contributed by atoms with Crippen LogP contribution in [0.5, 0.6) is 5.75 Å². The third kappa shape index (κ3) is 4.30. The number of hydrogen-bond acceptors (Lipinski definition) is 6. The summed E-state index contributed by atoms with van der Waals surface area (Å²) in [7, 11) is -3.01. The molecule has 0 spiro atoms. The predicted octanol–water partition coefficient (Wildman–Crippen LogP) is 3.23. The first-order valence-electron chi connectivity index (χ1n) is 9.05. The van der Waals surface area contributed by atoms with Gasteiger partial charge in [-0.25, -0.2) is 8.42 Å². The largest absolute Gasteiger partial charge is 0.494 e. The van der Waals surface area contributed by atoms with Gasteiger partial charge < -0.3 is 9.64 Å². The van der Waals surface area contributed by atoms with Gasteiger partial charge in [-0.15, -0.1) is 0 Å². The van der Waals surface area contributed by atoms with Crippen molar-refractivity contribution in [3.63, 3.8) is 0 Å². The lowest BCUT2D eigenvalue weighted by Gasteiger charge is -2.26. The van der Waals surface area contributed by atoms with E-state index in [9.17, 15) is 8.42 Å². The first-order chi connectivity index (χ1) is 13.1. The second-order valence-corrected chi connectivity index (χ2v) is 9.91. The Morgan fingerprint density at radius 2 is 1.74 bits per heavy atom. The second kappa shape index (κ2) is 7.94. The summed E-state index contributed by atoms with van der Waals surface area (Å²) in [5.41, 5.74) is 1.01. The molecular weight excluding hydrogens is 380 g/mol. The van der Waals surface area contributed by atoms with E-state index in [4.69, 9.17) is 9.73 Å². The summed E-state index contributed by atoms with van der Waals surface area (Å²) in [5, 5.41) is 0.922. The number of thioether (sulfide) groups is 1. The average Bonchev–Trinajstić information content (AvgIpc) is 3.14. The van der Waals surface area contributed by atoms with Crippen LogP contribution < -0.4 is 9.64 Å². The number of hydrogen-bond donors (Lipinski definition) is 0. The van der Waals surface area contributed by atoms with Crippen molar-refractivity contribution in [1.29, 1.82) is 0 Å². The van der Waals surface area contributed by atoms with Crippen LogP contribution in [0.2, 0.25) is 0 Å². The van der Waals surface area contributed by atoms with E-state index in [0.717, 1.165) is 28.8 Å². The molecule has 2 aliphatic rings. The van der Waals surface area contributed by atoms with Crippen LogP contribution in [0.4, 0.5) is 5.69 Å². The number of fused-ring (bicyclic) bond motifs is 1. The standard InChI is InChI=1S/C20H22N2O3S2/c23-27(24)14-18-19(15-27)22(16-8-3-1-4-9-16)20(21-18)26-13-7-12-25-17-10-5-2-6-11-17/h1-6,8-11,18-19H,7,12-15H2/t18-,19+/m0/s1. The third-order valence-electron chi connectivity index (χ3n) is 4.67. The van der Waals surface area contributed by atoms with Gasteiger partial charge in [0.15, 0.2) is 15.0 Å². The molecule has 2 aromatic rings. The van der Waals surface area contributed by atoms with Gasteiger partial charge in [0, 0.05) is 11.4 Å². The molecule has 0 radical (unpaired) electrons. The van der Waals surface area contributed by atoms with Crippen molar-refractivity contribution in [3.05, 3.63) is 60.7 Å². The summed E-state index contributed by atoms with van der Waals surface area (Å²) in [6.07, 6.45) is 0.898. The van der Waals surface area contributed by atoms with Crippen LogP contribution in [0.1, 0.15) is 6.42 Å². The van der Waals surface area contributed by atoms with E-state index in [1.165, 1.54) is 0 Å². The maximum atomic E-state index is 12.0. The van der Waals surface area contributed by atoms with Gasteiger partial charge in [0.1, 0.15) is 5.75 Å². The molecule has 142 valence electrons. The topological polar surface area (TPSA) is 59.0 Å². The Morgan fingerprint density at radius 3 is 2.48 bits per heavy atom. The van der Waals surface area contributed by atoms with Crippen LogP contribution in [0.25, 0.3) is 0 Å². The predicted molar refractivity (Wildman–Crippen MR) is 112 cm³/mol. The lowest BCUT2D eigenvalue weighted by atomic mass is 10.1. The molecule has 0 aromatic heterocycles. The Labute approximate surface area is 164 Å². The monoisotopic (exact) mass is 402 g/mol. The molecule has 2 aliphatic heterocycles. The minimum absolute atomic E-state index is 0.0829. The van der Waals surface area contributed by atoms with Crippen molar-refractivity contribution in [2.75, 3.05) is 28.8 Å². The Kier molecular flexibility index (Phi) is 5.41. The van der Waals surface area contributed by atoms with E-state index >= 15 is 0 Å². The normalized spacial score (nSPS) is 23.1. The first kappa shape index (κ1) is 18.4. The molecule has 27 heavy (non-hydrogen) atoms. The molecule has 0 unspecified atom stereocenters. The Morgan fingerprint density at radius 1 is 1.04 bits per heavy atom. The maximum absolute atomic E-state index is 12.0. The molecule has 5 nitrogen and oxygen atoms in total. The molecule has 0 aliphatic carbocycles. The Balaban J connectivity index is 1.38. The number of aliphatic imine (C=N–C) groups is 1. The summed E-state index contributed by atoms with van der Waals surface area (Å²) in [6.45, 7) is 0.650. The zero-order valence-corrected chi connectivity index (χ0v) is 16.5. The number of amidine groups is 1. The van der Waals surface area contributed by atoms with Gasteiger partial charge in [-0.05, 0) is 30.7 Å². The van der Waals surface area contributed by atoms with E-state index in [2.05, 4.69) is 4.90 Å². The Hall–Kier alpha value is -1.99. The van der Waals surface area contributed by atoms with Gasteiger partial charge in [-0.3, -0.25) is 4.99 Å². The fourth-order valence-corrected chi connectivity index (χ4v) is 6.33. The van der Waals surface area contributed by atoms with Crippen LogP contribution in [0.15, 0.2) is 65.7 Å². The van der Waals surface area contributed by atoms with E-state index in [-0.39, 0.29) is 23.6 Å². The zero-order valence-electron chi connectivity index (χ0n) is 14.9. The molecule has 2 heterocycles. The first-order valence-corrected chi connectivity index (χ1v) is 11.9. The highest BCUT2D eigenvalue weighted by atomic mass is 32.2. The molecule has 4 rings (SSSR count). The van der Waals surface area contributed by atoms with Crippen molar-refractivity contribution in [3.8, 4) is 5.75 Å². The van der Waals surface area contributed by atoms with Crippen molar-refractivity contribution in [2.45, 2.75) is 18.5 Å². The van der Waals surface area contributed by atoms with Crippen LogP contribution in [-0.4, -0.2) is 49.5 Å². The van der Waals surface area contributed by atoms with Crippen molar-refractivity contribution < 1.29 is 13.2 Å². The molecule has 0 N–H and O–H groups in total. The number of benzene rings is 2. The zero-order chi connectivity index (χ0) is 18.7. The molecular formula is C20H22N2O3S2. The number of rotatable bonds is 6. The van der Waals surface area contributed by atoms with Gasteiger partial charge >= 0.3 is 0 Å². The Bertz CT molecular complexity index is 901. The fourth-order valence-electron chi connectivity index (χ4n) is 3.45. The number of sulfone groups is 1. The third-order valence-corrected chi connectivity index (χ3v) is 7.43. The van der Waals surface area contributed by atoms with E-state index < -0.39 is 9.84 Å². The lowest BCUT2D eigenvalue weighted by Crippen LogP contribution is -2.39. The summed E-state index contributed by atoms with van der Waals surface area (Å²) >= 11 is 1.68. The minimum atomic E-state index is -3.01. The molecule has 1 fully saturated rings. The highest BCUT2D eigenvalue weighted by Crippen LogP contribution is 2.35. The number of ether oxygens (including phenoxy) is 1. The van der Waals surface area contributed by atoms with Gasteiger partial charge in [-0.2, -0.15) is 0 Å². The van der Waals surface area contributed by atoms with Gasteiger partial charge in [-0.1, -0.05) is 48.2 Å². The minimum Gasteiger partial charge on any atom is -0.494 e. The maximum Gasteiger partial charge on any atom is 0.164 e. The summed E-state index contributed by atoms with van der Waals surface area (Å²) in [5.74, 6) is 2.09. The molecule has 2 aromatic carbocycles. The molecule has 1 saturated heterocycles. The highest BCUT2D eigenvalue weighted by molar-refractivity contribution is 8.14. The SMILES string of the molecule is O=S1(=O)C[C@@H]2N=C(SCCCOc3ccccc3)N(c3ccccc3)[C@@H]2C1.